The lowest BCUT2D eigenvalue weighted by atomic mass is 10.1. The number of fused-ring (bicyclic) bond motifs is 1. The van der Waals surface area contributed by atoms with Crippen LogP contribution in [0.15, 0.2) is 12.1 Å². The fourth-order valence-electron chi connectivity index (χ4n) is 1.57. The summed E-state index contributed by atoms with van der Waals surface area (Å²) in [5.74, 6) is 0.254. The molecule has 1 aromatic rings. The quantitative estimate of drug-likeness (QED) is 0.600. The smallest absolute Gasteiger partial charge is 0.163 e. The number of hydrogen-bond donors (Lipinski definition) is 0. The van der Waals surface area contributed by atoms with Crippen molar-refractivity contribution in [1.82, 2.24) is 0 Å². The van der Waals surface area contributed by atoms with E-state index in [9.17, 15) is 4.79 Å². The summed E-state index contributed by atoms with van der Waals surface area (Å²) in [6.45, 7) is 1.92. The van der Waals surface area contributed by atoms with Gasteiger partial charge in [0.25, 0.3) is 0 Å². The van der Waals surface area contributed by atoms with Gasteiger partial charge in [-0.2, -0.15) is 0 Å². The van der Waals surface area contributed by atoms with Crippen LogP contribution in [0.2, 0.25) is 5.02 Å². The summed E-state index contributed by atoms with van der Waals surface area (Å²) in [5, 5.41) is 0.767. The lowest BCUT2D eigenvalue weighted by Gasteiger charge is -2.01. The monoisotopic (exact) mass is 180 g/mol. The predicted molar refractivity (Wildman–Crippen MR) is 48.8 cm³/mol. The molecule has 0 aromatic heterocycles. The van der Waals surface area contributed by atoms with Crippen molar-refractivity contribution in [3.05, 3.63) is 33.8 Å². The second kappa shape index (κ2) is 2.60. The Balaban J connectivity index is 2.63. The average molecular weight is 181 g/mol. The Kier molecular flexibility index (Phi) is 1.69. The van der Waals surface area contributed by atoms with Gasteiger partial charge in [-0.05, 0) is 36.6 Å². The summed E-state index contributed by atoms with van der Waals surface area (Å²) in [4.78, 5) is 11.3. The molecule has 0 heterocycles. The predicted octanol–water partition coefficient (Wildman–Crippen LogP) is 2.78. The third-order valence-electron chi connectivity index (χ3n) is 2.31. The first-order chi connectivity index (χ1) is 5.68. The van der Waals surface area contributed by atoms with Crippen LogP contribution in [0, 0.1) is 6.92 Å². The van der Waals surface area contributed by atoms with Crippen molar-refractivity contribution in [3.63, 3.8) is 0 Å². The molecule has 0 fully saturated rings. The molecule has 62 valence electrons. The maximum atomic E-state index is 11.3. The molecular formula is C10H9ClO. The molecule has 0 bridgehead atoms. The zero-order valence-corrected chi connectivity index (χ0v) is 7.61. The molecule has 0 radical (unpaired) electrons. The van der Waals surface area contributed by atoms with E-state index in [2.05, 4.69) is 0 Å². The number of ketones is 1. The number of hydrogen-bond acceptors (Lipinski definition) is 1. The number of benzene rings is 1. The van der Waals surface area contributed by atoms with E-state index in [0.29, 0.717) is 6.42 Å². The molecule has 2 rings (SSSR count). The van der Waals surface area contributed by atoms with Gasteiger partial charge in [0.05, 0.1) is 0 Å². The molecule has 1 aliphatic carbocycles. The molecule has 1 nitrogen and oxygen atoms in total. The molecule has 0 saturated heterocycles. The molecule has 0 unspecified atom stereocenters. The third kappa shape index (κ3) is 1.05. The van der Waals surface area contributed by atoms with Crippen LogP contribution in [0.5, 0.6) is 0 Å². The number of aryl methyl sites for hydroxylation is 2. The van der Waals surface area contributed by atoms with E-state index in [0.717, 1.165) is 28.1 Å². The number of carbonyl (C=O) groups excluding carboxylic acids is 1. The van der Waals surface area contributed by atoms with Gasteiger partial charge in [-0.1, -0.05) is 11.6 Å². The minimum absolute atomic E-state index is 0.254. The van der Waals surface area contributed by atoms with Crippen molar-refractivity contribution < 1.29 is 4.79 Å². The maximum absolute atomic E-state index is 11.3. The number of halogens is 1. The van der Waals surface area contributed by atoms with Gasteiger partial charge in [-0.15, -0.1) is 0 Å². The van der Waals surface area contributed by atoms with Crippen LogP contribution in [-0.4, -0.2) is 5.78 Å². The van der Waals surface area contributed by atoms with Crippen LogP contribution >= 0.6 is 11.6 Å². The molecule has 2 heteroatoms. The highest BCUT2D eigenvalue weighted by atomic mass is 35.5. The highest BCUT2D eigenvalue weighted by Gasteiger charge is 2.19. The molecule has 0 N–H and O–H groups in total. The van der Waals surface area contributed by atoms with Crippen molar-refractivity contribution in [2.24, 2.45) is 0 Å². The minimum atomic E-state index is 0.254. The number of rotatable bonds is 0. The van der Waals surface area contributed by atoms with Crippen LogP contribution in [0.25, 0.3) is 0 Å². The van der Waals surface area contributed by atoms with Gasteiger partial charge < -0.3 is 0 Å². The van der Waals surface area contributed by atoms with E-state index < -0.39 is 0 Å². The van der Waals surface area contributed by atoms with E-state index in [-0.39, 0.29) is 5.78 Å². The number of carbonyl (C=O) groups is 1. The lowest BCUT2D eigenvalue weighted by Crippen LogP contribution is -1.91. The summed E-state index contributed by atoms with van der Waals surface area (Å²) in [5.41, 5.74) is 2.97. The van der Waals surface area contributed by atoms with Gasteiger partial charge in [-0.25, -0.2) is 0 Å². The Labute approximate surface area is 76.4 Å². The van der Waals surface area contributed by atoms with Crippen LogP contribution in [-0.2, 0) is 6.42 Å². The average Bonchev–Trinajstić information content (AvgIpc) is 2.35. The fourth-order valence-corrected chi connectivity index (χ4v) is 1.76. The number of Topliss-reactive ketones (excluding diaryl/α,β-unsaturated/α-hetero) is 1. The Hall–Kier alpha value is -0.820. The van der Waals surface area contributed by atoms with Crippen LogP contribution < -0.4 is 0 Å². The van der Waals surface area contributed by atoms with E-state index in [1.165, 1.54) is 0 Å². The van der Waals surface area contributed by atoms with Crippen LogP contribution in [0.1, 0.15) is 27.9 Å². The standard InChI is InChI=1S/C10H9ClO/c1-6-4-8-7(5-9(6)11)2-3-10(8)12/h4-5H,2-3H2,1H3. The lowest BCUT2D eigenvalue weighted by molar-refractivity contribution is 0.0994. The second-order valence-electron chi connectivity index (χ2n) is 3.18. The summed E-state index contributed by atoms with van der Waals surface area (Å²) >= 11 is 5.93. The van der Waals surface area contributed by atoms with Gasteiger partial charge in [0.15, 0.2) is 5.78 Å². The van der Waals surface area contributed by atoms with E-state index >= 15 is 0 Å². The summed E-state index contributed by atoms with van der Waals surface area (Å²) in [6.07, 6.45) is 1.50. The zero-order valence-electron chi connectivity index (χ0n) is 6.86. The zero-order chi connectivity index (χ0) is 8.72. The SMILES string of the molecule is Cc1cc2c(cc1Cl)CCC2=O. The topological polar surface area (TPSA) is 17.1 Å². The summed E-state index contributed by atoms with van der Waals surface area (Å²) < 4.78 is 0. The van der Waals surface area contributed by atoms with Crippen molar-refractivity contribution in [1.29, 1.82) is 0 Å². The fraction of sp³-hybridized carbons (Fsp3) is 0.300. The van der Waals surface area contributed by atoms with Crippen LogP contribution in [0.3, 0.4) is 0 Å². The molecule has 0 atom stereocenters. The molecule has 1 aromatic carbocycles. The molecule has 1 aliphatic rings. The molecular weight excluding hydrogens is 172 g/mol. The summed E-state index contributed by atoms with van der Waals surface area (Å²) in [7, 11) is 0. The molecule has 0 amide bonds. The largest absolute Gasteiger partial charge is 0.294 e. The first-order valence-corrected chi connectivity index (χ1v) is 4.38. The molecule has 12 heavy (non-hydrogen) atoms. The Morgan fingerprint density at radius 3 is 2.83 bits per heavy atom. The Morgan fingerprint density at radius 2 is 2.08 bits per heavy atom. The van der Waals surface area contributed by atoms with E-state index in [1.54, 1.807) is 0 Å². The van der Waals surface area contributed by atoms with Crippen molar-refractivity contribution in [2.45, 2.75) is 19.8 Å². The van der Waals surface area contributed by atoms with E-state index in [4.69, 9.17) is 11.6 Å². The molecule has 0 spiro atoms. The summed E-state index contributed by atoms with van der Waals surface area (Å²) in [6, 6.07) is 3.81. The first-order valence-electron chi connectivity index (χ1n) is 4.00. The highest BCUT2D eigenvalue weighted by Crippen LogP contribution is 2.27. The van der Waals surface area contributed by atoms with Gasteiger partial charge in [0.1, 0.15) is 0 Å². The van der Waals surface area contributed by atoms with E-state index in [1.807, 2.05) is 19.1 Å². The molecule has 0 saturated carbocycles. The van der Waals surface area contributed by atoms with Crippen LogP contribution in [0.4, 0.5) is 0 Å². The van der Waals surface area contributed by atoms with Gasteiger partial charge >= 0.3 is 0 Å². The maximum Gasteiger partial charge on any atom is 0.163 e. The van der Waals surface area contributed by atoms with Crippen molar-refractivity contribution in [2.75, 3.05) is 0 Å². The first kappa shape index (κ1) is 7.81. The minimum Gasteiger partial charge on any atom is -0.294 e. The van der Waals surface area contributed by atoms with Gasteiger partial charge in [0, 0.05) is 17.0 Å². The highest BCUT2D eigenvalue weighted by molar-refractivity contribution is 6.31. The third-order valence-corrected chi connectivity index (χ3v) is 2.71. The second-order valence-corrected chi connectivity index (χ2v) is 3.59. The molecule has 0 aliphatic heterocycles. The van der Waals surface area contributed by atoms with Gasteiger partial charge in [-0.3, -0.25) is 4.79 Å². The Morgan fingerprint density at radius 1 is 1.33 bits per heavy atom. The normalized spacial score (nSPS) is 15.0. The Bertz CT molecular complexity index is 355. The van der Waals surface area contributed by atoms with Crippen molar-refractivity contribution in [3.8, 4) is 0 Å². The van der Waals surface area contributed by atoms with Gasteiger partial charge in [0.2, 0.25) is 0 Å². The van der Waals surface area contributed by atoms with Crippen molar-refractivity contribution >= 4 is 17.4 Å².